The van der Waals surface area contributed by atoms with Crippen LogP contribution in [0.1, 0.15) is 37.6 Å². The van der Waals surface area contributed by atoms with E-state index in [4.69, 9.17) is 0 Å². The van der Waals surface area contributed by atoms with Gasteiger partial charge in [0.2, 0.25) is 5.91 Å². The standard InChI is InChI=1S/C18H16FN3OS/c1-11(23)21-13-6-7-14(16(19)8-13)17-10-24-18(22-17)15(9-20)12-4-2-3-5-12/h6-8,10H,2-5H2,1H3,(H,21,23). The molecular weight excluding hydrogens is 325 g/mol. The Morgan fingerprint density at radius 1 is 1.38 bits per heavy atom. The number of nitrogens with one attached hydrogen (secondary N) is 1. The molecule has 0 saturated heterocycles. The topological polar surface area (TPSA) is 65.8 Å². The summed E-state index contributed by atoms with van der Waals surface area (Å²) in [7, 11) is 0. The third-order valence-electron chi connectivity index (χ3n) is 3.96. The van der Waals surface area contributed by atoms with E-state index in [9.17, 15) is 14.4 Å². The maximum absolute atomic E-state index is 14.3. The minimum atomic E-state index is -0.454. The predicted octanol–water partition coefficient (Wildman–Crippen LogP) is 4.76. The molecule has 1 aromatic carbocycles. The molecule has 0 bridgehead atoms. The summed E-state index contributed by atoms with van der Waals surface area (Å²) in [5.74, 6) is -0.704. The Kier molecular flexibility index (Phi) is 4.72. The Hall–Kier alpha value is -2.52. The van der Waals surface area contributed by atoms with Gasteiger partial charge >= 0.3 is 0 Å². The van der Waals surface area contributed by atoms with Gasteiger partial charge in [0, 0.05) is 23.6 Å². The molecule has 0 atom stereocenters. The third-order valence-corrected chi connectivity index (χ3v) is 4.82. The summed E-state index contributed by atoms with van der Waals surface area (Å²) < 4.78 is 14.3. The van der Waals surface area contributed by atoms with Crippen molar-refractivity contribution in [2.24, 2.45) is 0 Å². The predicted molar refractivity (Wildman–Crippen MR) is 92.8 cm³/mol. The Bertz CT molecular complexity index is 855. The smallest absolute Gasteiger partial charge is 0.221 e. The highest BCUT2D eigenvalue weighted by molar-refractivity contribution is 7.11. The molecule has 0 unspecified atom stereocenters. The van der Waals surface area contributed by atoms with Crippen LogP contribution in [0, 0.1) is 17.1 Å². The number of aromatic nitrogens is 1. The van der Waals surface area contributed by atoms with Crippen LogP contribution in [0.4, 0.5) is 10.1 Å². The van der Waals surface area contributed by atoms with Crippen molar-refractivity contribution < 1.29 is 9.18 Å². The zero-order valence-corrected chi connectivity index (χ0v) is 14.0. The van der Waals surface area contributed by atoms with Crippen molar-refractivity contribution in [2.45, 2.75) is 32.6 Å². The molecule has 122 valence electrons. The summed E-state index contributed by atoms with van der Waals surface area (Å²) in [6, 6.07) is 6.76. The van der Waals surface area contributed by atoms with E-state index < -0.39 is 5.82 Å². The molecule has 24 heavy (non-hydrogen) atoms. The summed E-state index contributed by atoms with van der Waals surface area (Å²) in [5, 5.41) is 14.4. The number of rotatable bonds is 3. The van der Waals surface area contributed by atoms with Crippen LogP contribution in [0.2, 0.25) is 0 Å². The third kappa shape index (κ3) is 3.36. The van der Waals surface area contributed by atoms with Gasteiger partial charge < -0.3 is 5.32 Å². The molecule has 1 amide bonds. The summed E-state index contributed by atoms with van der Waals surface area (Å²) in [6.45, 7) is 1.37. The van der Waals surface area contributed by atoms with Crippen molar-refractivity contribution in [1.82, 2.24) is 4.98 Å². The minimum Gasteiger partial charge on any atom is -0.326 e. The number of amides is 1. The van der Waals surface area contributed by atoms with Gasteiger partial charge in [-0.25, -0.2) is 9.37 Å². The van der Waals surface area contributed by atoms with Crippen molar-refractivity contribution in [3.8, 4) is 17.3 Å². The van der Waals surface area contributed by atoms with Gasteiger partial charge in [-0.3, -0.25) is 4.79 Å². The van der Waals surface area contributed by atoms with Crippen LogP contribution in [-0.4, -0.2) is 10.9 Å². The molecule has 4 nitrogen and oxygen atoms in total. The number of hydrogen-bond donors (Lipinski definition) is 1. The molecule has 3 rings (SSSR count). The number of anilines is 1. The van der Waals surface area contributed by atoms with Crippen molar-refractivity contribution >= 4 is 28.5 Å². The first kappa shape index (κ1) is 16.3. The summed E-state index contributed by atoms with van der Waals surface area (Å²) in [6.07, 6.45) is 4.10. The van der Waals surface area contributed by atoms with E-state index in [0.29, 0.717) is 27.5 Å². The molecule has 0 radical (unpaired) electrons. The van der Waals surface area contributed by atoms with Crippen LogP contribution in [0.15, 0.2) is 29.2 Å². The molecule has 2 aromatic rings. The van der Waals surface area contributed by atoms with E-state index in [2.05, 4.69) is 16.4 Å². The zero-order chi connectivity index (χ0) is 17.1. The van der Waals surface area contributed by atoms with E-state index >= 15 is 0 Å². The number of nitriles is 1. The van der Waals surface area contributed by atoms with Crippen molar-refractivity contribution in [3.05, 3.63) is 40.0 Å². The zero-order valence-electron chi connectivity index (χ0n) is 13.2. The SMILES string of the molecule is CC(=O)Nc1ccc(-c2csc(C(C#N)=C3CCCC3)n2)c(F)c1. The molecule has 6 heteroatoms. The van der Waals surface area contributed by atoms with E-state index in [1.165, 1.54) is 24.3 Å². The highest BCUT2D eigenvalue weighted by Crippen LogP contribution is 2.34. The average molecular weight is 341 g/mol. The number of benzene rings is 1. The number of carbonyl (C=O) groups is 1. The number of allylic oxidation sites excluding steroid dienone is 2. The highest BCUT2D eigenvalue weighted by Gasteiger charge is 2.18. The Balaban J connectivity index is 1.92. The fourth-order valence-electron chi connectivity index (χ4n) is 2.85. The van der Waals surface area contributed by atoms with E-state index in [1.54, 1.807) is 17.5 Å². The fourth-order valence-corrected chi connectivity index (χ4v) is 3.71. The normalized spacial score (nSPS) is 13.6. The molecule has 1 fully saturated rings. The molecule has 0 aliphatic heterocycles. The monoisotopic (exact) mass is 341 g/mol. The number of nitrogens with zero attached hydrogens (tertiary/aromatic N) is 2. The number of thiazole rings is 1. The lowest BCUT2D eigenvalue weighted by Gasteiger charge is -2.05. The highest BCUT2D eigenvalue weighted by atomic mass is 32.1. The lowest BCUT2D eigenvalue weighted by molar-refractivity contribution is -0.114. The molecule has 1 aliphatic carbocycles. The van der Waals surface area contributed by atoms with Gasteiger partial charge in [0.25, 0.3) is 0 Å². The first-order valence-corrected chi connectivity index (χ1v) is 8.62. The van der Waals surface area contributed by atoms with Crippen molar-refractivity contribution in [1.29, 1.82) is 5.26 Å². The number of carbonyl (C=O) groups excluding carboxylic acids is 1. The van der Waals surface area contributed by atoms with Crippen LogP contribution in [-0.2, 0) is 4.79 Å². The first-order valence-electron chi connectivity index (χ1n) is 7.74. The van der Waals surface area contributed by atoms with Crippen LogP contribution in [0.5, 0.6) is 0 Å². The van der Waals surface area contributed by atoms with Gasteiger partial charge in [0.15, 0.2) is 0 Å². The largest absolute Gasteiger partial charge is 0.326 e. The first-order chi connectivity index (χ1) is 11.6. The van der Waals surface area contributed by atoms with Crippen molar-refractivity contribution in [3.63, 3.8) is 0 Å². The lowest BCUT2D eigenvalue weighted by Crippen LogP contribution is -2.05. The van der Waals surface area contributed by atoms with Gasteiger partial charge in [-0.15, -0.1) is 11.3 Å². The van der Waals surface area contributed by atoms with Gasteiger partial charge in [0.05, 0.1) is 11.3 Å². The maximum atomic E-state index is 14.3. The Morgan fingerprint density at radius 2 is 2.12 bits per heavy atom. The number of hydrogen-bond acceptors (Lipinski definition) is 4. The molecule has 1 aliphatic rings. The van der Waals surface area contributed by atoms with Gasteiger partial charge in [-0.05, 0) is 49.5 Å². The fraction of sp³-hybridized carbons (Fsp3) is 0.278. The second kappa shape index (κ2) is 6.93. The second-order valence-corrected chi connectivity index (χ2v) is 6.57. The quantitative estimate of drug-likeness (QED) is 0.819. The Labute approximate surface area is 143 Å². The molecule has 1 N–H and O–H groups in total. The van der Waals surface area contributed by atoms with Gasteiger partial charge in [-0.2, -0.15) is 5.26 Å². The van der Waals surface area contributed by atoms with Crippen molar-refractivity contribution in [2.75, 3.05) is 5.32 Å². The number of halogens is 1. The minimum absolute atomic E-state index is 0.250. The van der Waals surface area contributed by atoms with E-state index in [1.807, 2.05) is 0 Å². The maximum Gasteiger partial charge on any atom is 0.221 e. The second-order valence-electron chi connectivity index (χ2n) is 5.71. The molecular formula is C18H16FN3OS. The van der Waals surface area contributed by atoms with Gasteiger partial charge in [-0.1, -0.05) is 0 Å². The van der Waals surface area contributed by atoms with Crippen LogP contribution >= 0.6 is 11.3 Å². The average Bonchev–Trinajstić information content (AvgIpc) is 3.20. The molecule has 1 saturated carbocycles. The summed E-state index contributed by atoms with van der Waals surface area (Å²) in [4.78, 5) is 15.5. The lowest BCUT2D eigenvalue weighted by atomic mass is 10.1. The summed E-state index contributed by atoms with van der Waals surface area (Å²) >= 11 is 1.36. The molecule has 1 aromatic heterocycles. The van der Waals surface area contributed by atoms with E-state index in [-0.39, 0.29) is 5.91 Å². The molecule has 0 spiro atoms. The van der Waals surface area contributed by atoms with Crippen LogP contribution in [0.3, 0.4) is 0 Å². The Morgan fingerprint density at radius 3 is 2.75 bits per heavy atom. The van der Waals surface area contributed by atoms with E-state index in [0.717, 1.165) is 31.3 Å². The van der Waals surface area contributed by atoms with Gasteiger partial charge in [0.1, 0.15) is 16.9 Å². The van der Waals surface area contributed by atoms with Crippen LogP contribution in [0.25, 0.3) is 16.8 Å². The van der Waals surface area contributed by atoms with Crippen LogP contribution < -0.4 is 5.32 Å². The molecule has 1 heterocycles. The summed E-state index contributed by atoms with van der Waals surface area (Å²) in [5.41, 5.74) is 3.07.